The maximum absolute atomic E-state index is 12.4. The van der Waals surface area contributed by atoms with Crippen LogP contribution >= 0.6 is 15.9 Å². The molecule has 1 amide bonds. The van der Waals surface area contributed by atoms with Gasteiger partial charge >= 0.3 is 6.18 Å². The fraction of sp³-hybridized carbons (Fsp3) is 0.917. The molecule has 1 aliphatic rings. The first kappa shape index (κ1) is 15.8. The number of halogens is 4. The average Bonchev–Trinajstić information content (AvgIpc) is 2.53. The molecule has 0 saturated heterocycles. The van der Waals surface area contributed by atoms with Crippen LogP contribution in [0.15, 0.2) is 0 Å². The number of hydrogen-bond acceptors (Lipinski definition) is 1. The van der Waals surface area contributed by atoms with Crippen LogP contribution in [0.5, 0.6) is 0 Å². The van der Waals surface area contributed by atoms with Gasteiger partial charge in [0.15, 0.2) is 0 Å². The number of amides is 1. The quantitative estimate of drug-likeness (QED) is 0.723. The summed E-state index contributed by atoms with van der Waals surface area (Å²) in [6.45, 7) is 6.62. The Labute approximate surface area is 114 Å². The zero-order chi connectivity index (χ0) is 14.4. The molecule has 1 saturated carbocycles. The minimum absolute atomic E-state index is 0.0843. The summed E-state index contributed by atoms with van der Waals surface area (Å²) in [5, 5.41) is 0.350. The molecule has 1 fully saturated rings. The second-order valence-electron chi connectivity index (χ2n) is 5.94. The van der Waals surface area contributed by atoms with E-state index < -0.39 is 12.7 Å². The highest BCUT2D eigenvalue weighted by Gasteiger charge is 2.69. The number of hydrogen-bond donors (Lipinski definition) is 0. The molecule has 106 valence electrons. The zero-order valence-corrected chi connectivity index (χ0v) is 12.7. The SMILES string of the molecule is CC1(C)C(C(=O)N(CCBr)CC(F)(F)F)C1(C)C. The van der Waals surface area contributed by atoms with E-state index in [4.69, 9.17) is 0 Å². The topological polar surface area (TPSA) is 20.3 Å². The largest absolute Gasteiger partial charge is 0.406 e. The highest BCUT2D eigenvalue weighted by atomic mass is 79.9. The molecule has 0 heterocycles. The van der Waals surface area contributed by atoms with E-state index >= 15 is 0 Å². The molecule has 0 aromatic heterocycles. The van der Waals surface area contributed by atoms with E-state index in [1.807, 2.05) is 27.7 Å². The Bertz CT molecular complexity index is 325. The smallest absolute Gasteiger partial charge is 0.332 e. The number of carbonyl (C=O) groups excluding carboxylic acids is 1. The van der Waals surface area contributed by atoms with Crippen LogP contribution in [-0.2, 0) is 4.79 Å². The Kier molecular flexibility index (Phi) is 4.11. The van der Waals surface area contributed by atoms with Gasteiger partial charge in [0.2, 0.25) is 5.91 Å². The molecule has 1 aliphatic carbocycles. The predicted molar refractivity (Wildman–Crippen MR) is 67.5 cm³/mol. The first-order chi connectivity index (χ1) is 7.95. The zero-order valence-electron chi connectivity index (χ0n) is 11.1. The molecule has 0 bridgehead atoms. The van der Waals surface area contributed by atoms with Gasteiger partial charge in [-0.2, -0.15) is 13.2 Å². The van der Waals surface area contributed by atoms with Crippen LogP contribution in [0.2, 0.25) is 0 Å². The Morgan fingerprint density at radius 2 is 1.67 bits per heavy atom. The monoisotopic (exact) mass is 329 g/mol. The van der Waals surface area contributed by atoms with Gasteiger partial charge < -0.3 is 4.90 Å². The van der Waals surface area contributed by atoms with Crippen LogP contribution in [-0.4, -0.2) is 35.4 Å². The predicted octanol–water partition coefficient (Wildman–Crippen LogP) is 3.45. The second-order valence-corrected chi connectivity index (χ2v) is 6.73. The highest BCUT2D eigenvalue weighted by Crippen LogP contribution is 2.68. The number of carbonyl (C=O) groups is 1. The van der Waals surface area contributed by atoms with E-state index in [0.717, 1.165) is 4.90 Å². The summed E-state index contributed by atoms with van der Waals surface area (Å²) in [5.41, 5.74) is -0.472. The van der Waals surface area contributed by atoms with Crippen molar-refractivity contribution >= 4 is 21.8 Å². The Morgan fingerprint density at radius 1 is 1.22 bits per heavy atom. The maximum atomic E-state index is 12.4. The van der Waals surface area contributed by atoms with Crippen LogP contribution < -0.4 is 0 Å². The average molecular weight is 330 g/mol. The van der Waals surface area contributed by atoms with E-state index in [-0.39, 0.29) is 29.2 Å². The van der Waals surface area contributed by atoms with Gasteiger partial charge in [0.25, 0.3) is 0 Å². The van der Waals surface area contributed by atoms with Crippen molar-refractivity contribution in [3.8, 4) is 0 Å². The number of rotatable bonds is 4. The molecule has 0 aliphatic heterocycles. The van der Waals surface area contributed by atoms with Crippen molar-refractivity contribution in [1.29, 1.82) is 0 Å². The van der Waals surface area contributed by atoms with Crippen molar-refractivity contribution in [3.63, 3.8) is 0 Å². The van der Waals surface area contributed by atoms with Crippen LogP contribution in [0.4, 0.5) is 13.2 Å². The van der Waals surface area contributed by atoms with Crippen molar-refractivity contribution in [1.82, 2.24) is 4.90 Å². The summed E-state index contributed by atoms with van der Waals surface area (Å²) in [4.78, 5) is 13.1. The molecule has 1 rings (SSSR count). The van der Waals surface area contributed by atoms with Gasteiger partial charge in [-0.1, -0.05) is 43.6 Å². The molecule has 0 aromatic carbocycles. The molecule has 18 heavy (non-hydrogen) atoms. The number of nitrogens with zero attached hydrogens (tertiary/aromatic N) is 1. The summed E-state index contributed by atoms with van der Waals surface area (Å²) in [6.07, 6.45) is -4.35. The van der Waals surface area contributed by atoms with Crippen molar-refractivity contribution in [2.24, 2.45) is 16.7 Å². The van der Waals surface area contributed by atoms with E-state index in [9.17, 15) is 18.0 Å². The van der Waals surface area contributed by atoms with E-state index in [1.165, 1.54) is 0 Å². The Morgan fingerprint density at radius 3 is 1.94 bits per heavy atom. The van der Waals surface area contributed by atoms with Gasteiger partial charge in [-0.05, 0) is 10.8 Å². The second kappa shape index (κ2) is 4.69. The lowest BCUT2D eigenvalue weighted by molar-refractivity contribution is -0.162. The third-order valence-electron chi connectivity index (χ3n) is 4.30. The summed E-state index contributed by atoms with van der Waals surface area (Å²) >= 11 is 3.09. The van der Waals surface area contributed by atoms with Gasteiger partial charge in [0, 0.05) is 17.8 Å². The molecule has 0 atom stereocenters. The minimum atomic E-state index is -4.35. The molecular formula is C12H19BrF3NO. The first-order valence-electron chi connectivity index (χ1n) is 5.86. The van der Waals surface area contributed by atoms with Crippen molar-refractivity contribution in [2.45, 2.75) is 33.9 Å². The third kappa shape index (κ3) is 2.83. The first-order valence-corrected chi connectivity index (χ1v) is 6.99. The molecule has 0 aromatic rings. The van der Waals surface area contributed by atoms with Crippen LogP contribution in [0, 0.1) is 16.7 Å². The number of alkyl halides is 4. The fourth-order valence-electron chi connectivity index (χ4n) is 2.58. The highest BCUT2D eigenvalue weighted by molar-refractivity contribution is 9.09. The van der Waals surface area contributed by atoms with Gasteiger partial charge in [0.05, 0.1) is 0 Å². The van der Waals surface area contributed by atoms with Gasteiger partial charge in [0.1, 0.15) is 6.54 Å². The fourth-order valence-corrected chi connectivity index (χ4v) is 3.01. The van der Waals surface area contributed by atoms with Crippen LogP contribution in [0.3, 0.4) is 0 Å². The lowest BCUT2D eigenvalue weighted by Crippen LogP contribution is -2.41. The van der Waals surface area contributed by atoms with E-state index in [0.29, 0.717) is 5.33 Å². The molecule has 2 nitrogen and oxygen atoms in total. The lowest BCUT2D eigenvalue weighted by Gasteiger charge is -2.24. The normalized spacial score (nSPS) is 21.8. The maximum Gasteiger partial charge on any atom is 0.406 e. The van der Waals surface area contributed by atoms with Crippen molar-refractivity contribution in [3.05, 3.63) is 0 Å². The van der Waals surface area contributed by atoms with Crippen molar-refractivity contribution < 1.29 is 18.0 Å². The van der Waals surface area contributed by atoms with Gasteiger partial charge in [-0.15, -0.1) is 0 Å². The van der Waals surface area contributed by atoms with Gasteiger partial charge in [-0.3, -0.25) is 4.79 Å². The lowest BCUT2D eigenvalue weighted by atomic mass is 10.0. The molecule has 0 unspecified atom stereocenters. The summed E-state index contributed by atoms with van der Waals surface area (Å²) in [5.74, 6) is -0.715. The van der Waals surface area contributed by atoms with Crippen molar-refractivity contribution in [2.75, 3.05) is 18.4 Å². The van der Waals surface area contributed by atoms with E-state index in [1.54, 1.807) is 0 Å². The van der Waals surface area contributed by atoms with E-state index in [2.05, 4.69) is 15.9 Å². The summed E-state index contributed by atoms with van der Waals surface area (Å²) < 4.78 is 37.3. The Hall–Kier alpha value is -0.260. The standard InChI is InChI=1S/C12H19BrF3NO/c1-10(2)8(11(10,3)4)9(18)17(6-5-13)7-12(14,15)16/h8H,5-7H2,1-4H3. The minimum Gasteiger partial charge on any atom is -0.332 e. The molecular weight excluding hydrogens is 311 g/mol. The molecule has 0 N–H and O–H groups in total. The van der Waals surface area contributed by atoms with Crippen LogP contribution in [0.1, 0.15) is 27.7 Å². The Balaban J connectivity index is 2.80. The third-order valence-corrected chi connectivity index (χ3v) is 4.66. The molecule has 0 radical (unpaired) electrons. The summed E-state index contributed by atoms with van der Waals surface area (Å²) in [6, 6.07) is 0. The molecule has 0 spiro atoms. The summed E-state index contributed by atoms with van der Waals surface area (Å²) in [7, 11) is 0. The van der Waals surface area contributed by atoms with Gasteiger partial charge in [-0.25, -0.2) is 0 Å². The molecule has 6 heteroatoms. The van der Waals surface area contributed by atoms with Crippen LogP contribution in [0.25, 0.3) is 0 Å².